The van der Waals surface area contributed by atoms with Gasteiger partial charge in [0.25, 0.3) is 0 Å². The topological polar surface area (TPSA) is 54.0 Å². The summed E-state index contributed by atoms with van der Waals surface area (Å²) in [6.45, 7) is 7.45. The van der Waals surface area contributed by atoms with E-state index in [2.05, 4.69) is 42.5 Å². The van der Waals surface area contributed by atoms with Gasteiger partial charge in [-0.2, -0.15) is 0 Å². The second-order valence-corrected chi connectivity index (χ2v) is 9.93. The van der Waals surface area contributed by atoms with Crippen molar-refractivity contribution >= 4 is 23.3 Å². The number of carbonyl (C=O) groups excluding carboxylic acids is 1. The number of pyridine rings is 1. The molecule has 0 fully saturated rings. The van der Waals surface area contributed by atoms with E-state index < -0.39 is 6.04 Å². The minimum Gasteiger partial charge on any atom is -0.309 e. The lowest BCUT2D eigenvalue weighted by atomic mass is 9.79. The van der Waals surface area contributed by atoms with Crippen molar-refractivity contribution in [2.45, 2.75) is 71.3 Å². The minimum atomic E-state index is -0.471. The van der Waals surface area contributed by atoms with Crippen molar-refractivity contribution < 1.29 is 4.79 Å². The van der Waals surface area contributed by atoms with Crippen molar-refractivity contribution in [3.63, 3.8) is 0 Å². The van der Waals surface area contributed by atoms with Gasteiger partial charge in [0, 0.05) is 17.8 Å². The fraction of sp³-hybridized carbons (Fsp3) is 0.419. The molecule has 2 aromatic carbocycles. The molecule has 0 spiro atoms. The molecule has 3 rings (SSSR count). The van der Waals surface area contributed by atoms with E-state index in [9.17, 15) is 4.79 Å². The summed E-state index contributed by atoms with van der Waals surface area (Å²) in [6.07, 6.45) is 8.74. The third kappa shape index (κ3) is 8.18. The summed E-state index contributed by atoms with van der Waals surface area (Å²) < 4.78 is 0. The van der Waals surface area contributed by atoms with Gasteiger partial charge in [0.2, 0.25) is 5.91 Å². The summed E-state index contributed by atoms with van der Waals surface area (Å²) in [6, 6.07) is 21.3. The Hall–Kier alpha value is -2.69. The van der Waals surface area contributed by atoms with Crippen LogP contribution < -0.4 is 10.6 Å². The van der Waals surface area contributed by atoms with E-state index in [0.717, 1.165) is 23.4 Å². The summed E-state index contributed by atoms with van der Waals surface area (Å²) in [7, 11) is 0. The molecule has 1 heterocycles. The van der Waals surface area contributed by atoms with Gasteiger partial charge < -0.3 is 10.6 Å². The van der Waals surface area contributed by atoms with E-state index >= 15 is 0 Å². The van der Waals surface area contributed by atoms with Gasteiger partial charge >= 0.3 is 0 Å². The van der Waals surface area contributed by atoms with Crippen molar-refractivity contribution in [3.8, 4) is 0 Å². The van der Waals surface area contributed by atoms with E-state index in [4.69, 9.17) is 11.6 Å². The Labute approximate surface area is 221 Å². The summed E-state index contributed by atoms with van der Waals surface area (Å²) in [5.41, 5.74) is 3.37. The molecule has 3 aromatic rings. The lowest BCUT2D eigenvalue weighted by Gasteiger charge is -2.26. The van der Waals surface area contributed by atoms with Crippen LogP contribution in [0.4, 0.5) is 5.82 Å². The quantitative estimate of drug-likeness (QED) is 0.233. The Morgan fingerprint density at radius 2 is 1.58 bits per heavy atom. The fourth-order valence-electron chi connectivity index (χ4n) is 5.05. The highest BCUT2D eigenvalue weighted by Crippen LogP contribution is 2.34. The normalized spacial score (nSPS) is 12.9. The zero-order chi connectivity index (χ0) is 25.8. The number of nitrogens with one attached hydrogen (secondary N) is 2. The van der Waals surface area contributed by atoms with Gasteiger partial charge in [-0.3, -0.25) is 4.79 Å². The SMILES string of the molecule is CCCC(CCC)C(CC)c1ccc(NC(=O)C(NCCc2ccc(Cl)cc2)c2ccccc2)nc1. The average Bonchev–Trinajstić information content (AvgIpc) is 2.90. The molecule has 0 radical (unpaired) electrons. The number of halogens is 1. The first kappa shape index (κ1) is 27.9. The third-order valence-electron chi connectivity index (χ3n) is 6.86. The maximum Gasteiger partial charge on any atom is 0.247 e. The molecule has 0 aliphatic carbocycles. The zero-order valence-electron chi connectivity index (χ0n) is 21.8. The van der Waals surface area contributed by atoms with Crippen LogP contribution in [0.5, 0.6) is 0 Å². The first-order chi connectivity index (χ1) is 17.5. The van der Waals surface area contributed by atoms with Crippen molar-refractivity contribution in [2.75, 3.05) is 11.9 Å². The van der Waals surface area contributed by atoms with Crippen molar-refractivity contribution in [3.05, 3.63) is 94.6 Å². The van der Waals surface area contributed by atoms with Crippen LogP contribution in [-0.4, -0.2) is 17.4 Å². The lowest BCUT2D eigenvalue weighted by Crippen LogP contribution is -2.34. The molecule has 0 aliphatic rings. The number of benzene rings is 2. The predicted molar refractivity (Wildman–Crippen MR) is 152 cm³/mol. The molecular formula is C31H40ClN3O. The van der Waals surface area contributed by atoms with E-state index in [-0.39, 0.29) is 5.91 Å². The summed E-state index contributed by atoms with van der Waals surface area (Å²) in [4.78, 5) is 18.0. The molecule has 1 amide bonds. The van der Waals surface area contributed by atoms with Gasteiger partial charge in [-0.1, -0.05) is 107 Å². The van der Waals surface area contributed by atoms with Crippen LogP contribution in [0.25, 0.3) is 0 Å². The summed E-state index contributed by atoms with van der Waals surface area (Å²) in [5, 5.41) is 7.18. The highest BCUT2D eigenvalue weighted by atomic mass is 35.5. The van der Waals surface area contributed by atoms with Crippen LogP contribution in [0.15, 0.2) is 72.9 Å². The molecule has 0 bridgehead atoms. The Kier molecular flexibility index (Phi) is 11.4. The summed E-state index contributed by atoms with van der Waals surface area (Å²) in [5.74, 6) is 1.66. The van der Waals surface area contributed by atoms with E-state index in [1.807, 2.05) is 66.9 Å². The molecule has 2 atom stereocenters. The number of hydrogen-bond donors (Lipinski definition) is 2. The standard InChI is InChI=1S/C31H40ClN3O/c1-4-10-24(11-5-2)28(6-3)26-16-19-29(34-22-26)35-31(36)30(25-12-8-7-9-13-25)33-21-20-23-14-17-27(32)18-15-23/h7-9,12-19,22,24,28,30,33H,4-6,10-11,20-21H2,1-3H3,(H,34,35,36). The number of carbonyl (C=O) groups is 1. The third-order valence-corrected chi connectivity index (χ3v) is 7.12. The molecule has 4 nitrogen and oxygen atoms in total. The lowest BCUT2D eigenvalue weighted by molar-refractivity contribution is -0.118. The first-order valence-electron chi connectivity index (χ1n) is 13.3. The van der Waals surface area contributed by atoms with Crippen LogP contribution in [-0.2, 0) is 11.2 Å². The van der Waals surface area contributed by atoms with Crippen molar-refractivity contribution in [1.82, 2.24) is 10.3 Å². The maximum absolute atomic E-state index is 13.3. The van der Waals surface area contributed by atoms with Crippen LogP contribution >= 0.6 is 11.6 Å². The van der Waals surface area contributed by atoms with Gasteiger partial charge in [0.1, 0.15) is 11.9 Å². The molecule has 0 saturated heterocycles. The van der Waals surface area contributed by atoms with Gasteiger partial charge in [0.15, 0.2) is 0 Å². The van der Waals surface area contributed by atoms with Crippen LogP contribution in [0, 0.1) is 5.92 Å². The smallest absolute Gasteiger partial charge is 0.247 e. The molecule has 1 aromatic heterocycles. The Morgan fingerprint density at radius 1 is 0.889 bits per heavy atom. The molecule has 0 aliphatic heterocycles. The summed E-state index contributed by atoms with van der Waals surface area (Å²) >= 11 is 6.00. The molecule has 36 heavy (non-hydrogen) atoms. The number of nitrogens with zero attached hydrogens (tertiary/aromatic N) is 1. The van der Waals surface area contributed by atoms with Crippen LogP contribution in [0.1, 0.15) is 81.5 Å². The number of hydrogen-bond acceptors (Lipinski definition) is 3. The van der Waals surface area contributed by atoms with Gasteiger partial charge in [-0.25, -0.2) is 4.98 Å². The molecular weight excluding hydrogens is 466 g/mol. The van der Waals surface area contributed by atoms with E-state index in [0.29, 0.717) is 24.2 Å². The molecule has 2 N–H and O–H groups in total. The average molecular weight is 506 g/mol. The largest absolute Gasteiger partial charge is 0.309 e. The van der Waals surface area contributed by atoms with Crippen molar-refractivity contribution in [2.24, 2.45) is 5.92 Å². The number of amides is 1. The second-order valence-electron chi connectivity index (χ2n) is 9.49. The zero-order valence-corrected chi connectivity index (χ0v) is 22.6. The molecule has 192 valence electrons. The minimum absolute atomic E-state index is 0.112. The number of rotatable bonds is 14. The van der Waals surface area contributed by atoms with Crippen LogP contribution in [0.2, 0.25) is 5.02 Å². The molecule has 0 saturated carbocycles. The maximum atomic E-state index is 13.3. The first-order valence-corrected chi connectivity index (χ1v) is 13.7. The fourth-order valence-corrected chi connectivity index (χ4v) is 5.17. The second kappa shape index (κ2) is 14.8. The highest BCUT2D eigenvalue weighted by Gasteiger charge is 2.22. The van der Waals surface area contributed by atoms with Crippen LogP contribution in [0.3, 0.4) is 0 Å². The number of anilines is 1. The Morgan fingerprint density at radius 3 is 2.17 bits per heavy atom. The molecule has 2 unspecified atom stereocenters. The van der Waals surface area contributed by atoms with Gasteiger partial charge in [-0.05, 0) is 59.6 Å². The Balaban J connectivity index is 1.68. The Bertz CT molecular complexity index is 1030. The van der Waals surface area contributed by atoms with Gasteiger partial charge in [0.05, 0.1) is 0 Å². The highest BCUT2D eigenvalue weighted by molar-refractivity contribution is 6.30. The van der Waals surface area contributed by atoms with E-state index in [1.54, 1.807) is 0 Å². The number of aromatic nitrogens is 1. The molecule has 5 heteroatoms. The monoisotopic (exact) mass is 505 g/mol. The van der Waals surface area contributed by atoms with E-state index in [1.165, 1.54) is 36.8 Å². The predicted octanol–water partition coefficient (Wildman–Crippen LogP) is 7.96. The van der Waals surface area contributed by atoms with Gasteiger partial charge in [-0.15, -0.1) is 0 Å². The van der Waals surface area contributed by atoms with Crippen molar-refractivity contribution in [1.29, 1.82) is 0 Å².